The standard InChI is InChI=1S/C15H24N2O2S/c1-4-16-11-13-7-6-12(3)15(10-13)20(18,19)17(5-2)14-8-9-14/h6-7,10,14,16H,4-5,8-9,11H2,1-3H3. The van der Waals surface area contributed by atoms with Crippen molar-refractivity contribution in [1.82, 2.24) is 9.62 Å². The zero-order valence-corrected chi connectivity index (χ0v) is 13.3. The lowest BCUT2D eigenvalue weighted by atomic mass is 10.1. The van der Waals surface area contributed by atoms with Gasteiger partial charge in [-0.1, -0.05) is 26.0 Å². The first kappa shape index (κ1) is 15.5. The van der Waals surface area contributed by atoms with Gasteiger partial charge in [0.15, 0.2) is 0 Å². The fourth-order valence-corrected chi connectivity index (χ4v) is 4.39. The van der Waals surface area contributed by atoms with Crippen LogP contribution in [0.4, 0.5) is 0 Å². The van der Waals surface area contributed by atoms with Crippen molar-refractivity contribution in [3.8, 4) is 0 Å². The average Bonchev–Trinajstić information content (AvgIpc) is 3.22. The summed E-state index contributed by atoms with van der Waals surface area (Å²) in [5, 5.41) is 3.23. The van der Waals surface area contributed by atoms with Gasteiger partial charge in [-0.2, -0.15) is 4.31 Å². The van der Waals surface area contributed by atoms with Gasteiger partial charge in [0, 0.05) is 19.1 Å². The molecule has 0 atom stereocenters. The molecule has 0 spiro atoms. The Hall–Kier alpha value is -0.910. The van der Waals surface area contributed by atoms with E-state index in [2.05, 4.69) is 5.32 Å². The van der Waals surface area contributed by atoms with Crippen molar-refractivity contribution < 1.29 is 8.42 Å². The van der Waals surface area contributed by atoms with Gasteiger partial charge in [0.1, 0.15) is 0 Å². The molecule has 0 aromatic heterocycles. The maximum atomic E-state index is 12.8. The van der Waals surface area contributed by atoms with Crippen molar-refractivity contribution in [2.24, 2.45) is 0 Å². The number of hydrogen-bond donors (Lipinski definition) is 1. The highest BCUT2D eigenvalue weighted by Crippen LogP contribution is 2.32. The zero-order chi connectivity index (χ0) is 14.8. The van der Waals surface area contributed by atoms with Crippen LogP contribution in [0.1, 0.15) is 37.8 Å². The van der Waals surface area contributed by atoms with E-state index in [1.165, 1.54) is 0 Å². The average molecular weight is 296 g/mol. The van der Waals surface area contributed by atoms with E-state index in [1.54, 1.807) is 4.31 Å². The second-order valence-electron chi connectivity index (χ2n) is 5.32. The van der Waals surface area contributed by atoms with Crippen molar-refractivity contribution in [1.29, 1.82) is 0 Å². The van der Waals surface area contributed by atoms with Crippen LogP contribution in [-0.2, 0) is 16.6 Å². The van der Waals surface area contributed by atoms with Gasteiger partial charge in [0.25, 0.3) is 0 Å². The van der Waals surface area contributed by atoms with Crippen LogP contribution in [0.3, 0.4) is 0 Å². The predicted octanol–water partition coefficient (Wildman–Crippen LogP) is 2.28. The summed E-state index contributed by atoms with van der Waals surface area (Å²) in [7, 11) is -3.36. The molecule has 1 aliphatic carbocycles. The Morgan fingerprint density at radius 2 is 2.00 bits per heavy atom. The molecule has 0 radical (unpaired) electrons. The van der Waals surface area contributed by atoms with E-state index in [9.17, 15) is 8.42 Å². The van der Waals surface area contributed by atoms with Crippen LogP contribution in [0, 0.1) is 6.92 Å². The molecule has 1 N–H and O–H groups in total. The molecule has 1 saturated carbocycles. The van der Waals surface area contributed by atoms with E-state index in [0.29, 0.717) is 18.0 Å². The molecule has 20 heavy (non-hydrogen) atoms. The molecular weight excluding hydrogens is 272 g/mol. The number of nitrogens with one attached hydrogen (secondary N) is 1. The van der Waals surface area contributed by atoms with Crippen LogP contribution in [0.2, 0.25) is 0 Å². The third-order valence-corrected chi connectivity index (χ3v) is 5.85. The van der Waals surface area contributed by atoms with Gasteiger partial charge in [0.2, 0.25) is 10.0 Å². The Morgan fingerprint density at radius 3 is 2.55 bits per heavy atom. The molecule has 1 fully saturated rings. The minimum Gasteiger partial charge on any atom is -0.313 e. The largest absolute Gasteiger partial charge is 0.313 e. The maximum Gasteiger partial charge on any atom is 0.243 e. The molecule has 0 amide bonds. The molecule has 112 valence electrons. The normalized spacial score (nSPS) is 15.8. The zero-order valence-electron chi connectivity index (χ0n) is 12.5. The molecule has 1 aliphatic rings. The quantitative estimate of drug-likeness (QED) is 0.840. The van der Waals surface area contributed by atoms with E-state index in [1.807, 2.05) is 39.0 Å². The van der Waals surface area contributed by atoms with Crippen molar-refractivity contribution in [3.05, 3.63) is 29.3 Å². The highest BCUT2D eigenvalue weighted by atomic mass is 32.2. The number of sulfonamides is 1. The van der Waals surface area contributed by atoms with Gasteiger partial charge in [-0.15, -0.1) is 0 Å². The van der Waals surface area contributed by atoms with Crippen molar-refractivity contribution >= 4 is 10.0 Å². The smallest absolute Gasteiger partial charge is 0.243 e. The summed E-state index contributed by atoms with van der Waals surface area (Å²) in [5.74, 6) is 0. The van der Waals surface area contributed by atoms with Gasteiger partial charge in [-0.05, 0) is 43.5 Å². The Morgan fingerprint density at radius 1 is 1.30 bits per heavy atom. The number of rotatable bonds is 7. The minimum atomic E-state index is -3.36. The first-order valence-electron chi connectivity index (χ1n) is 7.32. The summed E-state index contributed by atoms with van der Waals surface area (Å²) in [4.78, 5) is 0.460. The summed E-state index contributed by atoms with van der Waals surface area (Å²) in [6.45, 7) is 7.94. The summed E-state index contributed by atoms with van der Waals surface area (Å²) < 4.78 is 27.2. The van der Waals surface area contributed by atoms with Crippen molar-refractivity contribution in [2.45, 2.75) is 51.1 Å². The fourth-order valence-electron chi connectivity index (χ4n) is 2.41. The number of nitrogens with zero attached hydrogens (tertiary/aromatic N) is 1. The topological polar surface area (TPSA) is 49.4 Å². The first-order valence-corrected chi connectivity index (χ1v) is 8.76. The molecular formula is C15H24N2O2S. The van der Waals surface area contributed by atoms with Crippen LogP contribution in [0.25, 0.3) is 0 Å². The summed E-state index contributed by atoms with van der Waals surface area (Å²) in [6, 6.07) is 5.92. The van der Waals surface area contributed by atoms with E-state index in [4.69, 9.17) is 0 Å². The van der Waals surface area contributed by atoms with Gasteiger partial charge >= 0.3 is 0 Å². The fraction of sp³-hybridized carbons (Fsp3) is 0.600. The lowest BCUT2D eigenvalue weighted by molar-refractivity contribution is 0.420. The van der Waals surface area contributed by atoms with Crippen molar-refractivity contribution in [2.75, 3.05) is 13.1 Å². The second-order valence-corrected chi connectivity index (χ2v) is 7.18. The van der Waals surface area contributed by atoms with Gasteiger partial charge < -0.3 is 5.32 Å². The molecule has 0 heterocycles. The predicted molar refractivity (Wildman–Crippen MR) is 81.1 cm³/mol. The minimum absolute atomic E-state index is 0.210. The third kappa shape index (κ3) is 3.22. The second kappa shape index (κ2) is 6.24. The van der Waals surface area contributed by atoms with E-state index in [-0.39, 0.29) is 6.04 Å². The van der Waals surface area contributed by atoms with Crippen LogP contribution >= 0.6 is 0 Å². The first-order chi connectivity index (χ1) is 9.50. The Kier molecular flexibility index (Phi) is 4.83. The molecule has 0 aliphatic heterocycles. The number of benzene rings is 1. The van der Waals surface area contributed by atoms with E-state index >= 15 is 0 Å². The molecule has 0 unspecified atom stereocenters. The van der Waals surface area contributed by atoms with Gasteiger partial charge in [-0.3, -0.25) is 0 Å². The Balaban J connectivity index is 2.34. The number of hydrogen-bond acceptors (Lipinski definition) is 3. The molecule has 4 nitrogen and oxygen atoms in total. The number of aryl methyl sites for hydroxylation is 1. The van der Waals surface area contributed by atoms with E-state index < -0.39 is 10.0 Å². The lowest BCUT2D eigenvalue weighted by Gasteiger charge is -2.21. The van der Waals surface area contributed by atoms with Crippen LogP contribution in [-0.4, -0.2) is 31.9 Å². The monoisotopic (exact) mass is 296 g/mol. The Bertz CT molecular complexity index is 565. The summed E-state index contributed by atoms with van der Waals surface area (Å²) in [6.07, 6.45) is 1.98. The molecule has 0 bridgehead atoms. The van der Waals surface area contributed by atoms with Crippen molar-refractivity contribution in [3.63, 3.8) is 0 Å². The molecule has 5 heteroatoms. The maximum absolute atomic E-state index is 12.8. The third-order valence-electron chi connectivity index (χ3n) is 3.68. The lowest BCUT2D eigenvalue weighted by Crippen LogP contribution is -2.33. The molecule has 1 aromatic rings. The molecule has 0 saturated heterocycles. The highest BCUT2D eigenvalue weighted by molar-refractivity contribution is 7.89. The van der Waals surface area contributed by atoms with Crippen LogP contribution in [0.15, 0.2) is 23.1 Å². The van der Waals surface area contributed by atoms with Gasteiger partial charge in [-0.25, -0.2) is 8.42 Å². The summed E-state index contributed by atoms with van der Waals surface area (Å²) in [5.41, 5.74) is 1.84. The van der Waals surface area contributed by atoms with Crippen LogP contribution in [0.5, 0.6) is 0 Å². The molecule has 2 rings (SSSR count). The Labute approximate surface area is 122 Å². The highest BCUT2D eigenvalue weighted by Gasteiger charge is 2.37. The van der Waals surface area contributed by atoms with E-state index in [0.717, 1.165) is 30.5 Å². The SMILES string of the molecule is CCNCc1ccc(C)c(S(=O)(=O)N(CC)C2CC2)c1. The van der Waals surface area contributed by atoms with Crippen LogP contribution < -0.4 is 5.32 Å². The summed E-state index contributed by atoms with van der Waals surface area (Å²) >= 11 is 0. The molecule has 1 aromatic carbocycles. The van der Waals surface area contributed by atoms with Gasteiger partial charge in [0.05, 0.1) is 4.90 Å².